The first-order valence-corrected chi connectivity index (χ1v) is 21.7. The van der Waals surface area contributed by atoms with Gasteiger partial charge in [-0.3, -0.25) is 14.7 Å². The summed E-state index contributed by atoms with van der Waals surface area (Å²) in [6, 6.07) is 19.8. The number of pyridine rings is 4. The van der Waals surface area contributed by atoms with Crippen LogP contribution >= 0.6 is 65.7 Å². The highest BCUT2D eigenvalue weighted by atomic mass is 79.9. The fraction of sp³-hybridized carbons (Fsp3) is 0.111. The van der Waals surface area contributed by atoms with E-state index in [1.807, 2.05) is 6.92 Å². The van der Waals surface area contributed by atoms with Crippen LogP contribution in [0.3, 0.4) is 0 Å². The second kappa shape index (κ2) is 19.2. The zero-order chi connectivity index (χ0) is 40.5. The van der Waals surface area contributed by atoms with Gasteiger partial charge in [-0.05, 0) is 112 Å². The smallest absolute Gasteiger partial charge is 0.262 e. The summed E-state index contributed by atoms with van der Waals surface area (Å²) in [6.07, 6.45) is 6.20. The molecule has 0 aliphatic heterocycles. The van der Waals surface area contributed by atoms with Gasteiger partial charge in [0.2, 0.25) is 11.8 Å². The Labute approximate surface area is 350 Å². The van der Waals surface area contributed by atoms with E-state index in [0.29, 0.717) is 44.9 Å². The van der Waals surface area contributed by atoms with Crippen molar-refractivity contribution in [3.05, 3.63) is 139 Å². The Morgan fingerprint density at radius 2 is 1.13 bits per heavy atom. The molecule has 0 spiro atoms. The summed E-state index contributed by atoms with van der Waals surface area (Å²) in [5.41, 5.74) is 8.91. The number of rotatable bonds is 8. The number of benzene rings is 2. The van der Waals surface area contributed by atoms with E-state index in [9.17, 15) is 16.8 Å². The number of ether oxygens (including phenoxy) is 2. The molecule has 4 aromatic heterocycles. The first-order chi connectivity index (χ1) is 25.8. The summed E-state index contributed by atoms with van der Waals surface area (Å²) >= 11 is 18.3. The van der Waals surface area contributed by atoms with Gasteiger partial charge in [0.05, 0.1) is 36.9 Å². The molecule has 0 bridgehead atoms. The summed E-state index contributed by atoms with van der Waals surface area (Å²) in [5, 5.41) is 0.753. The van der Waals surface area contributed by atoms with Gasteiger partial charge in [0.15, 0.2) is 11.5 Å². The van der Waals surface area contributed by atoms with Crippen LogP contribution in [0.25, 0.3) is 0 Å². The van der Waals surface area contributed by atoms with Gasteiger partial charge in [0, 0.05) is 44.4 Å². The number of hydrogen-bond acceptors (Lipinski definition) is 11. The molecule has 0 amide bonds. The number of nitrogens with two attached hydrogens (primary N) is 1. The van der Waals surface area contributed by atoms with Crippen LogP contribution in [0.2, 0.25) is 10.0 Å². The van der Waals surface area contributed by atoms with Crippen molar-refractivity contribution in [3.8, 4) is 23.3 Å². The van der Waals surface area contributed by atoms with E-state index in [1.54, 1.807) is 87.8 Å². The van der Waals surface area contributed by atoms with Gasteiger partial charge in [-0.15, -0.1) is 0 Å². The van der Waals surface area contributed by atoms with Crippen molar-refractivity contribution in [2.24, 2.45) is 0 Å². The van der Waals surface area contributed by atoms with Gasteiger partial charge in [0.25, 0.3) is 19.1 Å². The molecule has 12 nitrogen and oxygen atoms in total. The molecule has 2 aromatic carbocycles. The largest absolute Gasteiger partial charge is 0.435 e. The average Bonchev–Trinajstić information content (AvgIpc) is 3.09. The third-order valence-corrected chi connectivity index (χ3v) is 11.5. The van der Waals surface area contributed by atoms with E-state index in [0.717, 1.165) is 14.6 Å². The number of aryl methyl sites for hydroxylation is 4. The van der Waals surface area contributed by atoms with Crippen LogP contribution in [0.15, 0.2) is 116 Å². The number of anilines is 2. The van der Waals surface area contributed by atoms with Gasteiger partial charge in [-0.2, -0.15) is 0 Å². The number of sulfonamides is 1. The van der Waals surface area contributed by atoms with Crippen LogP contribution in [0, 0.1) is 27.7 Å². The van der Waals surface area contributed by atoms with Crippen LogP contribution in [0.1, 0.15) is 22.5 Å². The normalized spacial score (nSPS) is 11.0. The van der Waals surface area contributed by atoms with Crippen molar-refractivity contribution in [1.82, 2.24) is 19.9 Å². The second-order valence-electron chi connectivity index (χ2n) is 11.3. The fourth-order valence-electron chi connectivity index (χ4n) is 4.47. The van der Waals surface area contributed by atoms with Crippen LogP contribution < -0.4 is 19.9 Å². The summed E-state index contributed by atoms with van der Waals surface area (Å²) < 4.78 is 63.0. The standard InChI is InChI=1S/C18H15BrClN3O3S.C11H10ClN3O.C7H6BrClO2S/c1-11-8-13(19)5-6-17(11)27(24,25)23-15-9-14(20)10-22-18(15)26-16-4-3-7-21-12(16)2;1-7-10(3-2-4-14-7)16-11-9(13)5-8(12)6-15-11;1-5-4-6(8)2-3-7(5)12(9,10)11/h3-10,23H,1-2H3;2-6H,13H2,1H3;2-4H,1H3. The minimum atomic E-state index is -3.87. The highest BCUT2D eigenvalue weighted by Crippen LogP contribution is 2.33. The third-order valence-electron chi connectivity index (χ3n) is 7.06. The molecule has 6 aromatic rings. The lowest BCUT2D eigenvalue weighted by Gasteiger charge is -2.14. The number of hydrogen-bond donors (Lipinski definition) is 2. The molecule has 288 valence electrons. The van der Waals surface area contributed by atoms with E-state index in [1.165, 1.54) is 30.6 Å². The lowest BCUT2D eigenvalue weighted by molar-refractivity contribution is 0.459. The van der Waals surface area contributed by atoms with Crippen LogP contribution in [0.4, 0.5) is 11.4 Å². The first-order valence-electron chi connectivity index (χ1n) is 15.6. The number of halogens is 5. The van der Waals surface area contributed by atoms with Crippen molar-refractivity contribution < 1.29 is 26.3 Å². The van der Waals surface area contributed by atoms with Gasteiger partial charge < -0.3 is 15.2 Å². The first kappa shape index (κ1) is 43.7. The maximum absolute atomic E-state index is 12.9. The fourth-order valence-corrected chi connectivity index (χ4v) is 8.22. The zero-order valence-electron chi connectivity index (χ0n) is 29.3. The Morgan fingerprint density at radius 1 is 0.655 bits per heavy atom. The second-order valence-corrected chi connectivity index (χ2v) is 18.2. The third kappa shape index (κ3) is 12.7. The molecule has 4 heterocycles. The maximum atomic E-state index is 12.9. The minimum absolute atomic E-state index is 0.0776. The molecule has 19 heteroatoms. The van der Waals surface area contributed by atoms with Gasteiger partial charge >= 0.3 is 0 Å². The van der Waals surface area contributed by atoms with E-state index >= 15 is 0 Å². The summed E-state index contributed by atoms with van der Waals surface area (Å²) in [4.78, 5) is 16.7. The quantitative estimate of drug-likeness (QED) is 0.139. The van der Waals surface area contributed by atoms with Gasteiger partial charge in [-0.1, -0.05) is 55.1 Å². The number of aromatic nitrogens is 4. The predicted octanol–water partition coefficient (Wildman–Crippen LogP) is 10.6. The lowest BCUT2D eigenvalue weighted by atomic mass is 10.2. The number of nitrogens with zero attached hydrogens (tertiary/aromatic N) is 4. The molecule has 0 unspecified atom stereocenters. The Balaban J connectivity index is 0.000000203. The minimum Gasteiger partial charge on any atom is -0.435 e. The maximum Gasteiger partial charge on any atom is 0.262 e. The van der Waals surface area contributed by atoms with E-state index in [4.69, 9.17) is 49.1 Å². The molecule has 3 N–H and O–H groups in total. The molecule has 0 aliphatic carbocycles. The highest BCUT2D eigenvalue weighted by Gasteiger charge is 2.21. The van der Waals surface area contributed by atoms with Gasteiger partial charge in [-0.25, -0.2) is 26.8 Å². The molecule has 0 fully saturated rings. The van der Waals surface area contributed by atoms with Crippen LogP contribution in [0.5, 0.6) is 23.3 Å². The van der Waals surface area contributed by atoms with E-state index in [2.05, 4.69) is 56.5 Å². The van der Waals surface area contributed by atoms with Crippen molar-refractivity contribution in [1.29, 1.82) is 0 Å². The summed E-state index contributed by atoms with van der Waals surface area (Å²) in [5.74, 6) is 1.51. The van der Waals surface area contributed by atoms with Crippen molar-refractivity contribution >= 4 is 96.2 Å². The average molecular weight is 974 g/mol. The molecule has 0 saturated heterocycles. The molecule has 55 heavy (non-hydrogen) atoms. The predicted molar refractivity (Wildman–Crippen MR) is 223 cm³/mol. The van der Waals surface area contributed by atoms with Crippen LogP contribution in [-0.4, -0.2) is 36.8 Å². The Bertz CT molecular complexity index is 2550. The van der Waals surface area contributed by atoms with Gasteiger partial charge in [0.1, 0.15) is 5.69 Å². The van der Waals surface area contributed by atoms with Crippen molar-refractivity contribution in [2.45, 2.75) is 37.5 Å². The molecule has 0 aliphatic rings. The molecular weight excluding hydrogens is 943 g/mol. The summed E-state index contributed by atoms with van der Waals surface area (Å²) in [7, 11) is -2.29. The van der Waals surface area contributed by atoms with Crippen molar-refractivity contribution in [2.75, 3.05) is 10.5 Å². The van der Waals surface area contributed by atoms with E-state index < -0.39 is 19.1 Å². The Morgan fingerprint density at radius 3 is 1.60 bits per heavy atom. The zero-order valence-corrected chi connectivity index (χ0v) is 36.3. The SMILES string of the molecule is Cc1cc(Br)ccc1S(=O)(=O)Cl.Cc1cc(Br)ccc1S(=O)(=O)Nc1cc(Cl)cnc1Oc1cccnc1C.Cc1ncccc1Oc1ncc(Cl)cc1N. The summed E-state index contributed by atoms with van der Waals surface area (Å²) in [6.45, 7) is 7.04. The van der Waals surface area contributed by atoms with Crippen LogP contribution in [-0.2, 0) is 19.1 Å². The Kier molecular flexibility index (Phi) is 15.3. The molecule has 6 rings (SSSR count). The Hall–Kier alpha value is -4.03. The molecule has 0 saturated carbocycles. The molecule has 0 atom stereocenters. The van der Waals surface area contributed by atoms with E-state index in [-0.39, 0.29) is 26.4 Å². The number of nitrogen functional groups attached to an aromatic ring is 1. The topological polar surface area (TPSA) is 176 Å². The lowest BCUT2D eigenvalue weighted by Crippen LogP contribution is -2.15. The monoisotopic (exact) mass is 970 g/mol. The highest BCUT2D eigenvalue weighted by molar-refractivity contribution is 9.10. The molecular formula is C36H31Br2Cl3N6O6S2. The number of nitrogens with one attached hydrogen (secondary N) is 1. The molecule has 0 radical (unpaired) electrons. The van der Waals surface area contributed by atoms with Crippen molar-refractivity contribution in [3.63, 3.8) is 0 Å².